The highest BCUT2D eigenvalue weighted by molar-refractivity contribution is 5.74. The molecule has 0 saturated carbocycles. The van der Waals surface area contributed by atoms with E-state index in [2.05, 4.69) is 10.4 Å². The summed E-state index contributed by atoms with van der Waals surface area (Å²) in [5, 5.41) is 7.84. The van der Waals surface area contributed by atoms with Crippen molar-refractivity contribution in [3.63, 3.8) is 0 Å². The van der Waals surface area contributed by atoms with Crippen molar-refractivity contribution in [2.24, 2.45) is 0 Å². The molecule has 0 aliphatic carbocycles. The molecule has 2 aliphatic rings. The van der Waals surface area contributed by atoms with Crippen molar-refractivity contribution in [3.8, 4) is 28.4 Å². The van der Waals surface area contributed by atoms with E-state index in [1.165, 1.54) is 10.7 Å². The van der Waals surface area contributed by atoms with E-state index in [1.807, 2.05) is 18.2 Å². The molecule has 0 amide bonds. The lowest BCUT2D eigenvalue weighted by molar-refractivity contribution is -0.137. The quantitative estimate of drug-likeness (QED) is 0.729. The third kappa shape index (κ3) is 2.59. The van der Waals surface area contributed by atoms with Crippen LogP contribution in [0.1, 0.15) is 11.1 Å². The van der Waals surface area contributed by atoms with Gasteiger partial charge >= 0.3 is 6.18 Å². The number of nitrogens with zero attached hydrogens (tertiary/aromatic N) is 2. The number of hydrogen-bond acceptors (Lipinski definition) is 4. The summed E-state index contributed by atoms with van der Waals surface area (Å²) in [5.41, 5.74) is 2.20. The second-order valence-electron chi connectivity index (χ2n) is 6.38. The molecule has 5 rings (SSSR count). The lowest BCUT2D eigenvalue weighted by atomic mass is 10.1. The molecule has 0 spiro atoms. The monoisotopic (exact) mass is 373 g/mol. The van der Waals surface area contributed by atoms with E-state index in [4.69, 9.17) is 9.47 Å². The van der Waals surface area contributed by atoms with Gasteiger partial charge in [-0.2, -0.15) is 18.3 Å². The van der Waals surface area contributed by atoms with Crippen LogP contribution in [0.5, 0.6) is 11.5 Å². The van der Waals surface area contributed by atoms with Crippen molar-refractivity contribution in [3.05, 3.63) is 53.6 Å². The zero-order chi connectivity index (χ0) is 18.6. The maximum atomic E-state index is 13.1. The molecule has 3 heterocycles. The van der Waals surface area contributed by atoms with E-state index in [1.54, 1.807) is 6.07 Å². The molecule has 27 heavy (non-hydrogen) atoms. The molecule has 3 aromatic rings. The standard InChI is InChI=1S/C19H14F3N3O2/c20-19(21,22)12-2-1-3-13(9-12)25-18-14(6-7-23-18)17(24-25)11-4-5-15-16(8-11)27-10-26-15/h1-5,8-9,23H,6-7,10H2. The van der Waals surface area contributed by atoms with Gasteiger partial charge in [0.05, 0.1) is 16.9 Å². The minimum Gasteiger partial charge on any atom is -0.454 e. The number of nitrogens with one attached hydrogen (secondary N) is 1. The molecule has 1 N–H and O–H groups in total. The molecule has 0 fully saturated rings. The van der Waals surface area contributed by atoms with Crippen LogP contribution in [0, 0.1) is 0 Å². The Bertz CT molecular complexity index is 1040. The second-order valence-corrected chi connectivity index (χ2v) is 6.38. The van der Waals surface area contributed by atoms with Gasteiger partial charge in [-0.3, -0.25) is 0 Å². The van der Waals surface area contributed by atoms with Gasteiger partial charge < -0.3 is 14.8 Å². The summed E-state index contributed by atoms with van der Waals surface area (Å²) in [6.45, 7) is 0.890. The molecule has 2 aliphatic heterocycles. The third-order valence-electron chi connectivity index (χ3n) is 4.71. The number of hydrogen-bond donors (Lipinski definition) is 1. The van der Waals surface area contributed by atoms with Gasteiger partial charge in [0, 0.05) is 17.7 Å². The Labute approximate surface area is 152 Å². The molecule has 8 heteroatoms. The van der Waals surface area contributed by atoms with Crippen molar-refractivity contribution in [1.29, 1.82) is 0 Å². The first-order valence-corrected chi connectivity index (χ1v) is 8.44. The van der Waals surface area contributed by atoms with Crippen LogP contribution in [-0.4, -0.2) is 23.1 Å². The van der Waals surface area contributed by atoms with Crippen molar-refractivity contribution < 1.29 is 22.6 Å². The highest BCUT2D eigenvalue weighted by Crippen LogP contribution is 2.40. The first-order valence-electron chi connectivity index (χ1n) is 8.44. The lowest BCUT2D eigenvalue weighted by Crippen LogP contribution is -2.08. The van der Waals surface area contributed by atoms with Crippen LogP contribution in [0.2, 0.25) is 0 Å². The maximum Gasteiger partial charge on any atom is 0.416 e. The number of benzene rings is 2. The highest BCUT2D eigenvalue weighted by atomic mass is 19.4. The Hall–Kier alpha value is -3.16. The molecule has 138 valence electrons. The van der Waals surface area contributed by atoms with Crippen LogP contribution < -0.4 is 14.8 Å². The molecular weight excluding hydrogens is 359 g/mol. The lowest BCUT2D eigenvalue weighted by Gasteiger charge is -2.10. The SMILES string of the molecule is FC(F)(F)c1cccc(-n2nc(-c3ccc4c(c3)OCO4)c3c2NCC3)c1. The van der Waals surface area contributed by atoms with Crippen LogP contribution >= 0.6 is 0 Å². The molecule has 1 aromatic heterocycles. The van der Waals surface area contributed by atoms with Gasteiger partial charge in [-0.25, -0.2) is 4.68 Å². The van der Waals surface area contributed by atoms with Crippen molar-refractivity contribution in [2.75, 3.05) is 18.7 Å². The number of fused-ring (bicyclic) bond motifs is 2. The van der Waals surface area contributed by atoms with Crippen molar-refractivity contribution in [2.45, 2.75) is 12.6 Å². The average molecular weight is 373 g/mol. The summed E-state index contributed by atoms with van der Waals surface area (Å²) in [4.78, 5) is 0. The number of aromatic nitrogens is 2. The largest absolute Gasteiger partial charge is 0.454 e. The normalized spacial score (nSPS) is 14.9. The van der Waals surface area contributed by atoms with Gasteiger partial charge in [0.2, 0.25) is 6.79 Å². The Morgan fingerprint density at radius 3 is 2.74 bits per heavy atom. The number of rotatable bonds is 2. The van der Waals surface area contributed by atoms with Crippen LogP contribution in [-0.2, 0) is 12.6 Å². The zero-order valence-corrected chi connectivity index (χ0v) is 14.0. The summed E-state index contributed by atoms with van der Waals surface area (Å²) in [6.07, 6.45) is -3.65. The fraction of sp³-hybridized carbons (Fsp3) is 0.211. The predicted molar refractivity (Wildman–Crippen MR) is 92.3 cm³/mol. The fourth-order valence-electron chi connectivity index (χ4n) is 3.45. The highest BCUT2D eigenvalue weighted by Gasteiger charge is 2.31. The van der Waals surface area contributed by atoms with Gasteiger partial charge in [0.25, 0.3) is 0 Å². The number of alkyl halides is 3. The molecule has 0 radical (unpaired) electrons. The molecule has 0 unspecified atom stereocenters. The molecular formula is C19H14F3N3O2. The van der Waals surface area contributed by atoms with E-state index < -0.39 is 11.7 Å². The number of anilines is 1. The molecule has 0 atom stereocenters. The minimum absolute atomic E-state index is 0.178. The van der Waals surface area contributed by atoms with Gasteiger partial charge in [-0.15, -0.1) is 0 Å². The third-order valence-corrected chi connectivity index (χ3v) is 4.71. The van der Waals surface area contributed by atoms with Gasteiger partial charge in [-0.05, 0) is 42.8 Å². The topological polar surface area (TPSA) is 48.3 Å². The van der Waals surface area contributed by atoms with E-state index >= 15 is 0 Å². The summed E-state index contributed by atoms with van der Waals surface area (Å²) in [7, 11) is 0. The molecule has 2 aromatic carbocycles. The molecule has 0 bridgehead atoms. The van der Waals surface area contributed by atoms with Crippen LogP contribution in [0.4, 0.5) is 19.0 Å². The molecule has 5 nitrogen and oxygen atoms in total. The summed E-state index contributed by atoms with van der Waals surface area (Å²) >= 11 is 0. The number of ether oxygens (including phenoxy) is 2. The Morgan fingerprint density at radius 2 is 1.89 bits per heavy atom. The summed E-state index contributed by atoms with van der Waals surface area (Å²) in [6, 6.07) is 10.7. The minimum atomic E-state index is -4.40. The fourth-order valence-corrected chi connectivity index (χ4v) is 3.45. The van der Waals surface area contributed by atoms with Gasteiger partial charge in [0.1, 0.15) is 5.82 Å². The maximum absolute atomic E-state index is 13.1. The Kier molecular flexibility index (Phi) is 3.37. The van der Waals surface area contributed by atoms with Crippen LogP contribution in [0.25, 0.3) is 16.9 Å². The Balaban J connectivity index is 1.63. The van der Waals surface area contributed by atoms with Crippen LogP contribution in [0.3, 0.4) is 0 Å². The number of halogens is 3. The molecule has 0 saturated heterocycles. The smallest absolute Gasteiger partial charge is 0.416 e. The van der Waals surface area contributed by atoms with E-state index in [9.17, 15) is 13.2 Å². The summed E-state index contributed by atoms with van der Waals surface area (Å²) in [5.74, 6) is 2.04. The van der Waals surface area contributed by atoms with Crippen molar-refractivity contribution in [1.82, 2.24) is 9.78 Å². The second kappa shape index (κ2) is 5.67. The van der Waals surface area contributed by atoms with E-state index in [0.717, 1.165) is 41.2 Å². The zero-order valence-electron chi connectivity index (χ0n) is 14.0. The Morgan fingerprint density at radius 1 is 1.04 bits per heavy atom. The van der Waals surface area contributed by atoms with Gasteiger partial charge in [-0.1, -0.05) is 6.07 Å². The van der Waals surface area contributed by atoms with Gasteiger partial charge in [0.15, 0.2) is 11.5 Å². The summed E-state index contributed by atoms with van der Waals surface area (Å²) < 4.78 is 51.6. The average Bonchev–Trinajstić information content (AvgIpc) is 3.36. The van der Waals surface area contributed by atoms with Crippen LogP contribution in [0.15, 0.2) is 42.5 Å². The first-order chi connectivity index (χ1) is 13.0. The van der Waals surface area contributed by atoms with E-state index in [0.29, 0.717) is 23.7 Å². The predicted octanol–water partition coefficient (Wildman–Crippen LogP) is 4.25. The van der Waals surface area contributed by atoms with Crippen molar-refractivity contribution >= 4 is 5.82 Å². The van der Waals surface area contributed by atoms with E-state index in [-0.39, 0.29) is 6.79 Å². The first kappa shape index (κ1) is 16.0.